The lowest BCUT2D eigenvalue weighted by Crippen LogP contribution is -2.16. The van der Waals surface area contributed by atoms with E-state index in [1.807, 2.05) is 43.4 Å². The van der Waals surface area contributed by atoms with Crippen LogP contribution in [0.3, 0.4) is 0 Å². The van der Waals surface area contributed by atoms with Gasteiger partial charge < -0.3 is 14.5 Å². The van der Waals surface area contributed by atoms with E-state index in [-0.39, 0.29) is 6.04 Å². The van der Waals surface area contributed by atoms with E-state index < -0.39 is 0 Å². The zero-order valence-corrected chi connectivity index (χ0v) is 9.44. The van der Waals surface area contributed by atoms with Crippen LogP contribution in [0.25, 0.3) is 0 Å². The first-order valence-corrected chi connectivity index (χ1v) is 5.19. The van der Waals surface area contributed by atoms with E-state index >= 15 is 0 Å². The van der Waals surface area contributed by atoms with Crippen LogP contribution in [0.1, 0.15) is 17.4 Å². The second-order valence-corrected chi connectivity index (χ2v) is 3.51. The minimum atomic E-state index is 0.0603. The maximum Gasteiger partial charge on any atom is 0.125 e. The van der Waals surface area contributed by atoms with Crippen LogP contribution in [-0.2, 0) is 0 Å². The number of nitrogens with one attached hydrogen (secondary N) is 1. The quantitative estimate of drug-likeness (QED) is 0.854. The molecule has 0 saturated carbocycles. The Morgan fingerprint density at radius 1 is 1.25 bits per heavy atom. The fraction of sp³-hybridized carbons (Fsp3) is 0.231. The van der Waals surface area contributed by atoms with Gasteiger partial charge >= 0.3 is 0 Å². The molecule has 3 nitrogen and oxygen atoms in total. The van der Waals surface area contributed by atoms with Gasteiger partial charge in [0.1, 0.15) is 11.5 Å². The summed E-state index contributed by atoms with van der Waals surface area (Å²) in [5, 5.41) is 3.22. The molecule has 0 fully saturated rings. The Labute approximate surface area is 95.0 Å². The average molecular weight is 217 g/mol. The molecule has 0 aliphatic heterocycles. The molecule has 0 amide bonds. The topological polar surface area (TPSA) is 34.4 Å². The zero-order valence-electron chi connectivity index (χ0n) is 9.44. The van der Waals surface area contributed by atoms with Crippen molar-refractivity contribution >= 4 is 0 Å². The molecule has 2 aromatic rings. The van der Waals surface area contributed by atoms with E-state index in [0.29, 0.717) is 0 Å². The fourth-order valence-electron chi connectivity index (χ4n) is 1.75. The predicted octanol–water partition coefficient (Wildman–Crippen LogP) is 2.60. The molecule has 1 aromatic heterocycles. The molecule has 0 spiro atoms. The summed E-state index contributed by atoms with van der Waals surface area (Å²) >= 11 is 0. The molecule has 1 aromatic carbocycles. The minimum absolute atomic E-state index is 0.0603. The molecule has 84 valence electrons. The minimum Gasteiger partial charge on any atom is -0.497 e. The number of hydrogen-bond acceptors (Lipinski definition) is 3. The fourth-order valence-corrected chi connectivity index (χ4v) is 1.75. The van der Waals surface area contributed by atoms with Crippen molar-refractivity contribution in [2.75, 3.05) is 14.2 Å². The number of ether oxygens (including phenoxy) is 1. The summed E-state index contributed by atoms with van der Waals surface area (Å²) in [5.41, 5.74) is 1.12. The van der Waals surface area contributed by atoms with Crippen molar-refractivity contribution in [2.45, 2.75) is 6.04 Å². The van der Waals surface area contributed by atoms with E-state index in [1.54, 1.807) is 13.4 Å². The average Bonchev–Trinajstić information content (AvgIpc) is 2.84. The number of rotatable bonds is 4. The maximum atomic E-state index is 5.41. The summed E-state index contributed by atoms with van der Waals surface area (Å²) in [4.78, 5) is 0. The first-order valence-electron chi connectivity index (χ1n) is 5.19. The van der Waals surface area contributed by atoms with Crippen molar-refractivity contribution in [3.05, 3.63) is 54.0 Å². The van der Waals surface area contributed by atoms with Crippen LogP contribution in [0.5, 0.6) is 5.75 Å². The standard InChI is InChI=1S/C13H15NO2/c1-14-13(12-7-4-8-16-12)10-5-3-6-11(9-10)15-2/h3-9,13-14H,1-2H3. The molecule has 0 radical (unpaired) electrons. The van der Waals surface area contributed by atoms with Crippen LogP contribution in [0.4, 0.5) is 0 Å². The van der Waals surface area contributed by atoms with Gasteiger partial charge in [-0.05, 0) is 36.9 Å². The van der Waals surface area contributed by atoms with E-state index in [2.05, 4.69) is 5.32 Å². The normalized spacial score (nSPS) is 12.4. The molecule has 16 heavy (non-hydrogen) atoms. The Kier molecular flexibility index (Phi) is 3.27. The molecule has 1 N–H and O–H groups in total. The van der Waals surface area contributed by atoms with Gasteiger partial charge in [-0.2, -0.15) is 0 Å². The second-order valence-electron chi connectivity index (χ2n) is 3.51. The van der Waals surface area contributed by atoms with Crippen LogP contribution in [0.2, 0.25) is 0 Å². The highest BCUT2D eigenvalue weighted by Crippen LogP contribution is 2.24. The Balaban J connectivity index is 2.33. The monoisotopic (exact) mass is 217 g/mol. The summed E-state index contributed by atoms with van der Waals surface area (Å²) in [7, 11) is 3.58. The molecule has 0 aliphatic carbocycles. The van der Waals surface area contributed by atoms with Crippen LogP contribution < -0.4 is 10.1 Å². The SMILES string of the molecule is CNC(c1cccc(OC)c1)c1ccco1. The second kappa shape index (κ2) is 4.86. The van der Waals surface area contributed by atoms with Gasteiger partial charge in [-0.25, -0.2) is 0 Å². The highest BCUT2D eigenvalue weighted by atomic mass is 16.5. The smallest absolute Gasteiger partial charge is 0.125 e. The highest BCUT2D eigenvalue weighted by molar-refractivity contribution is 5.33. The summed E-state index contributed by atoms with van der Waals surface area (Å²) in [6.45, 7) is 0. The van der Waals surface area contributed by atoms with E-state index in [0.717, 1.165) is 17.1 Å². The number of hydrogen-bond donors (Lipinski definition) is 1. The third-order valence-corrected chi connectivity index (χ3v) is 2.54. The first kappa shape index (κ1) is 10.8. The van der Waals surface area contributed by atoms with Crippen molar-refractivity contribution in [1.29, 1.82) is 0 Å². The molecular formula is C13H15NO2. The predicted molar refractivity (Wildman–Crippen MR) is 62.6 cm³/mol. The lowest BCUT2D eigenvalue weighted by Gasteiger charge is -2.14. The lowest BCUT2D eigenvalue weighted by molar-refractivity contribution is 0.412. The Bertz CT molecular complexity index is 437. The largest absolute Gasteiger partial charge is 0.497 e. The van der Waals surface area contributed by atoms with E-state index in [4.69, 9.17) is 9.15 Å². The van der Waals surface area contributed by atoms with Gasteiger partial charge in [0.25, 0.3) is 0 Å². The summed E-state index contributed by atoms with van der Waals surface area (Å²) in [6, 6.07) is 11.9. The number of benzene rings is 1. The molecule has 1 atom stereocenters. The number of furan rings is 1. The molecule has 1 heterocycles. The molecule has 0 saturated heterocycles. The summed E-state index contributed by atoms with van der Waals surface area (Å²) in [6.07, 6.45) is 1.68. The van der Waals surface area contributed by atoms with Gasteiger partial charge in [-0.3, -0.25) is 0 Å². The van der Waals surface area contributed by atoms with Gasteiger partial charge in [0.15, 0.2) is 0 Å². The summed E-state index contributed by atoms with van der Waals surface area (Å²) in [5.74, 6) is 1.75. The molecule has 2 rings (SSSR count). The third kappa shape index (κ3) is 2.09. The molecule has 0 aliphatic rings. The van der Waals surface area contributed by atoms with Gasteiger partial charge in [-0.15, -0.1) is 0 Å². The van der Waals surface area contributed by atoms with Crippen LogP contribution >= 0.6 is 0 Å². The maximum absolute atomic E-state index is 5.41. The number of methoxy groups -OCH3 is 1. The Morgan fingerprint density at radius 2 is 2.12 bits per heavy atom. The highest BCUT2D eigenvalue weighted by Gasteiger charge is 2.14. The van der Waals surface area contributed by atoms with Crippen molar-refractivity contribution in [3.8, 4) is 5.75 Å². The molecule has 1 unspecified atom stereocenters. The van der Waals surface area contributed by atoms with Crippen LogP contribution in [0, 0.1) is 0 Å². The van der Waals surface area contributed by atoms with Crippen molar-refractivity contribution < 1.29 is 9.15 Å². The third-order valence-electron chi connectivity index (χ3n) is 2.54. The summed E-state index contributed by atoms with van der Waals surface area (Å²) < 4.78 is 10.6. The van der Waals surface area contributed by atoms with Gasteiger partial charge in [0.2, 0.25) is 0 Å². The Hall–Kier alpha value is -1.74. The first-order chi connectivity index (χ1) is 7.85. The molecule has 3 heteroatoms. The van der Waals surface area contributed by atoms with Crippen LogP contribution in [-0.4, -0.2) is 14.2 Å². The van der Waals surface area contributed by atoms with Gasteiger partial charge in [0, 0.05) is 0 Å². The van der Waals surface area contributed by atoms with E-state index in [1.165, 1.54) is 0 Å². The lowest BCUT2D eigenvalue weighted by atomic mass is 10.0. The van der Waals surface area contributed by atoms with Gasteiger partial charge in [-0.1, -0.05) is 12.1 Å². The Morgan fingerprint density at radius 3 is 2.75 bits per heavy atom. The van der Waals surface area contributed by atoms with Crippen molar-refractivity contribution in [3.63, 3.8) is 0 Å². The van der Waals surface area contributed by atoms with Crippen molar-refractivity contribution in [1.82, 2.24) is 5.32 Å². The van der Waals surface area contributed by atoms with Crippen molar-refractivity contribution in [2.24, 2.45) is 0 Å². The van der Waals surface area contributed by atoms with Crippen LogP contribution in [0.15, 0.2) is 47.1 Å². The molecular weight excluding hydrogens is 202 g/mol. The molecule has 0 bridgehead atoms. The zero-order chi connectivity index (χ0) is 11.4. The van der Waals surface area contributed by atoms with Gasteiger partial charge in [0.05, 0.1) is 19.4 Å². The van der Waals surface area contributed by atoms with E-state index in [9.17, 15) is 0 Å².